The summed E-state index contributed by atoms with van der Waals surface area (Å²) in [6, 6.07) is 17.5. The number of halogens is 1. The molecule has 1 atom stereocenters. The number of anilines is 1. The molecule has 158 valence electrons. The maximum absolute atomic E-state index is 12.3. The third kappa shape index (κ3) is 5.38. The van der Waals surface area contributed by atoms with Gasteiger partial charge in [0.05, 0.1) is 9.37 Å². The lowest BCUT2D eigenvalue weighted by atomic mass is 10.1. The summed E-state index contributed by atoms with van der Waals surface area (Å²) < 4.78 is 33.6. The van der Waals surface area contributed by atoms with E-state index in [1.54, 1.807) is 19.1 Å². The molecule has 0 aliphatic heterocycles. The summed E-state index contributed by atoms with van der Waals surface area (Å²) in [5.74, 6) is 0.227. The SMILES string of the molecule is CCC(C)NS(=O)(=O)c1ccc(NC(=O)COc2ccc3ccccc3c2Br)cc1. The summed E-state index contributed by atoms with van der Waals surface area (Å²) >= 11 is 3.53. The second-order valence-corrected chi connectivity index (χ2v) is 9.40. The van der Waals surface area contributed by atoms with Crippen molar-refractivity contribution >= 4 is 48.3 Å². The molecule has 8 heteroatoms. The fraction of sp³-hybridized carbons (Fsp3) is 0.227. The van der Waals surface area contributed by atoms with Gasteiger partial charge in [0.25, 0.3) is 5.91 Å². The smallest absolute Gasteiger partial charge is 0.262 e. The van der Waals surface area contributed by atoms with Crippen LogP contribution in [0.15, 0.2) is 70.0 Å². The minimum atomic E-state index is -3.58. The van der Waals surface area contributed by atoms with Crippen molar-refractivity contribution in [3.05, 3.63) is 65.1 Å². The molecule has 0 spiro atoms. The highest BCUT2D eigenvalue weighted by molar-refractivity contribution is 9.10. The van der Waals surface area contributed by atoms with Crippen LogP contribution in [0.3, 0.4) is 0 Å². The highest BCUT2D eigenvalue weighted by Crippen LogP contribution is 2.33. The lowest BCUT2D eigenvalue weighted by Crippen LogP contribution is -2.32. The predicted octanol–water partition coefficient (Wildman–Crippen LogP) is 4.70. The van der Waals surface area contributed by atoms with Gasteiger partial charge in [0.2, 0.25) is 10.0 Å². The first-order valence-electron chi connectivity index (χ1n) is 9.52. The Bertz CT molecular complexity index is 1150. The van der Waals surface area contributed by atoms with Crippen molar-refractivity contribution in [3.8, 4) is 5.75 Å². The van der Waals surface area contributed by atoms with Gasteiger partial charge >= 0.3 is 0 Å². The molecular weight excluding hydrogens is 468 g/mol. The van der Waals surface area contributed by atoms with Gasteiger partial charge in [-0.3, -0.25) is 4.79 Å². The molecule has 0 aromatic heterocycles. The largest absolute Gasteiger partial charge is 0.483 e. The van der Waals surface area contributed by atoms with E-state index in [9.17, 15) is 13.2 Å². The van der Waals surface area contributed by atoms with E-state index in [0.717, 1.165) is 15.2 Å². The van der Waals surface area contributed by atoms with Gasteiger partial charge in [-0.2, -0.15) is 0 Å². The lowest BCUT2D eigenvalue weighted by Gasteiger charge is -2.13. The van der Waals surface area contributed by atoms with E-state index in [-0.39, 0.29) is 23.5 Å². The molecule has 0 heterocycles. The monoisotopic (exact) mass is 490 g/mol. The van der Waals surface area contributed by atoms with Crippen LogP contribution >= 0.6 is 15.9 Å². The summed E-state index contributed by atoms with van der Waals surface area (Å²) in [5, 5.41) is 4.77. The first-order chi connectivity index (χ1) is 14.3. The molecular formula is C22H23BrN2O4S. The molecule has 30 heavy (non-hydrogen) atoms. The number of ether oxygens (including phenoxy) is 1. The van der Waals surface area contributed by atoms with Crippen LogP contribution in [0.25, 0.3) is 10.8 Å². The molecule has 6 nitrogen and oxygen atoms in total. The third-order valence-electron chi connectivity index (χ3n) is 4.60. The Morgan fingerprint density at radius 2 is 1.77 bits per heavy atom. The van der Waals surface area contributed by atoms with Crippen LogP contribution in [0.5, 0.6) is 5.75 Å². The zero-order chi connectivity index (χ0) is 21.7. The van der Waals surface area contributed by atoms with Gasteiger partial charge in [-0.25, -0.2) is 13.1 Å². The fourth-order valence-electron chi connectivity index (χ4n) is 2.80. The minimum absolute atomic E-state index is 0.150. The number of nitrogens with one attached hydrogen (secondary N) is 2. The number of carbonyl (C=O) groups is 1. The fourth-order valence-corrected chi connectivity index (χ4v) is 4.73. The topological polar surface area (TPSA) is 84.5 Å². The minimum Gasteiger partial charge on any atom is -0.483 e. The molecule has 1 amide bonds. The van der Waals surface area contributed by atoms with Crippen molar-refractivity contribution in [3.63, 3.8) is 0 Å². The van der Waals surface area contributed by atoms with Gasteiger partial charge in [-0.15, -0.1) is 0 Å². The highest BCUT2D eigenvalue weighted by atomic mass is 79.9. The third-order valence-corrected chi connectivity index (χ3v) is 7.03. The molecule has 0 fully saturated rings. The Balaban J connectivity index is 1.61. The molecule has 3 rings (SSSR count). The summed E-state index contributed by atoms with van der Waals surface area (Å²) in [4.78, 5) is 12.4. The van der Waals surface area contributed by atoms with Gasteiger partial charge in [-0.05, 0) is 70.4 Å². The number of benzene rings is 3. The van der Waals surface area contributed by atoms with Crippen LogP contribution in [0.4, 0.5) is 5.69 Å². The summed E-state index contributed by atoms with van der Waals surface area (Å²) in [7, 11) is -3.58. The van der Waals surface area contributed by atoms with Crippen LogP contribution in [-0.4, -0.2) is 27.0 Å². The van der Waals surface area contributed by atoms with E-state index >= 15 is 0 Å². The maximum Gasteiger partial charge on any atom is 0.262 e. The molecule has 3 aromatic rings. The van der Waals surface area contributed by atoms with Crippen LogP contribution < -0.4 is 14.8 Å². The van der Waals surface area contributed by atoms with Gasteiger partial charge in [0, 0.05) is 11.7 Å². The van der Waals surface area contributed by atoms with Crippen LogP contribution in [0.1, 0.15) is 20.3 Å². The number of carbonyl (C=O) groups excluding carboxylic acids is 1. The van der Waals surface area contributed by atoms with Gasteiger partial charge < -0.3 is 10.1 Å². The molecule has 0 aliphatic carbocycles. The van der Waals surface area contributed by atoms with Crippen molar-refractivity contribution in [2.24, 2.45) is 0 Å². The first kappa shape index (κ1) is 22.3. The average molecular weight is 491 g/mol. The number of rotatable bonds is 8. The molecule has 1 unspecified atom stereocenters. The normalized spacial score (nSPS) is 12.5. The summed E-state index contributed by atoms with van der Waals surface area (Å²) in [5.41, 5.74) is 0.490. The number of sulfonamides is 1. The standard InChI is InChI=1S/C22H23BrN2O4S/c1-3-15(2)25-30(27,28)18-11-9-17(10-12-18)24-21(26)14-29-20-13-8-16-6-4-5-7-19(16)22(20)23/h4-13,15,25H,3,14H2,1-2H3,(H,24,26). The molecule has 0 bridgehead atoms. The Labute approximate surface area is 184 Å². The van der Waals surface area contributed by atoms with Crippen LogP contribution in [0, 0.1) is 0 Å². The average Bonchev–Trinajstić information content (AvgIpc) is 2.73. The Morgan fingerprint density at radius 3 is 2.47 bits per heavy atom. The van der Waals surface area contributed by atoms with E-state index in [1.807, 2.05) is 43.3 Å². The van der Waals surface area contributed by atoms with Crippen LogP contribution in [0.2, 0.25) is 0 Å². The Kier molecular flexibility index (Phi) is 7.12. The first-order valence-corrected chi connectivity index (χ1v) is 11.8. The molecule has 0 saturated carbocycles. The van der Waals surface area contributed by atoms with Crippen molar-refractivity contribution in [1.29, 1.82) is 0 Å². The predicted molar refractivity (Wildman–Crippen MR) is 122 cm³/mol. The molecule has 3 aromatic carbocycles. The number of fused-ring (bicyclic) bond motifs is 1. The Morgan fingerprint density at radius 1 is 1.07 bits per heavy atom. The summed E-state index contributed by atoms with van der Waals surface area (Å²) in [6.45, 7) is 3.54. The zero-order valence-electron chi connectivity index (χ0n) is 16.7. The number of hydrogen-bond acceptors (Lipinski definition) is 4. The van der Waals surface area contributed by atoms with Crippen LogP contribution in [-0.2, 0) is 14.8 Å². The van der Waals surface area contributed by atoms with E-state index in [4.69, 9.17) is 4.74 Å². The quantitative estimate of drug-likeness (QED) is 0.479. The van der Waals surface area contributed by atoms with Crippen molar-refractivity contribution in [1.82, 2.24) is 4.72 Å². The number of amides is 1. The second kappa shape index (κ2) is 9.59. The molecule has 2 N–H and O–H groups in total. The Hall–Kier alpha value is -2.42. The summed E-state index contributed by atoms with van der Waals surface area (Å²) in [6.07, 6.45) is 0.695. The van der Waals surface area contributed by atoms with E-state index in [0.29, 0.717) is 17.9 Å². The molecule has 0 aliphatic rings. The van der Waals surface area contributed by atoms with E-state index in [2.05, 4.69) is 26.0 Å². The van der Waals surface area contributed by atoms with Crippen molar-refractivity contribution in [2.75, 3.05) is 11.9 Å². The van der Waals surface area contributed by atoms with Gasteiger partial charge in [-0.1, -0.05) is 37.3 Å². The van der Waals surface area contributed by atoms with E-state index in [1.165, 1.54) is 12.1 Å². The molecule has 0 saturated heterocycles. The van der Waals surface area contributed by atoms with Gasteiger partial charge in [0.1, 0.15) is 5.75 Å². The van der Waals surface area contributed by atoms with E-state index < -0.39 is 10.0 Å². The zero-order valence-corrected chi connectivity index (χ0v) is 19.1. The second-order valence-electron chi connectivity index (χ2n) is 6.89. The lowest BCUT2D eigenvalue weighted by molar-refractivity contribution is -0.118. The maximum atomic E-state index is 12.3. The van der Waals surface area contributed by atoms with Gasteiger partial charge in [0.15, 0.2) is 6.61 Å². The van der Waals surface area contributed by atoms with Crippen molar-refractivity contribution < 1.29 is 17.9 Å². The number of hydrogen-bond donors (Lipinski definition) is 2. The van der Waals surface area contributed by atoms with Crippen molar-refractivity contribution in [2.45, 2.75) is 31.2 Å². The highest BCUT2D eigenvalue weighted by Gasteiger charge is 2.16. The molecule has 0 radical (unpaired) electrons.